The number of nitrogens with one attached hydrogen (secondary N) is 2. The van der Waals surface area contributed by atoms with E-state index in [1.807, 2.05) is 0 Å². The van der Waals surface area contributed by atoms with Crippen LogP contribution in [0.2, 0.25) is 0 Å². The van der Waals surface area contributed by atoms with Crippen LogP contribution >= 0.6 is 12.4 Å². The molecule has 1 aromatic rings. The molecule has 8 heteroatoms. The Morgan fingerprint density at radius 2 is 2.23 bits per heavy atom. The first-order valence-electron chi connectivity index (χ1n) is 9.14. The van der Waals surface area contributed by atoms with Crippen LogP contribution in [0.4, 0.5) is 5.69 Å². The maximum absolute atomic E-state index is 13.0. The van der Waals surface area contributed by atoms with E-state index in [-0.39, 0.29) is 29.7 Å². The zero-order valence-electron chi connectivity index (χ0n) is 15.7. The average molecular weight is 385 g/mol. The highest BCUT2D eigenvalue weighted by Crippen LogP contribution is 2.44. The van der Waals surface area contributed by atoms with Crippen molar-refractivity contribution in [3.05, 3.63) is 12.4 Å². The second-order valence-electron chi connectivity index (χ2n) is 7.64. The summed E-state index contributed by atoms with van der Waals surface area (Å²) in [5, 5.41) is 10.7. The van der Waals surface area contributed by atoms with Crippen LogP contribution < -0.4 is 10.6 Å². The van der Waals surface area contributed by atoms with E-state index in [1.54, 1.807) is 37.8 Å². The van der Waals surface area contributed by atoms with Gasteiger partial charge in [-0.25, -0.2) is 4.79 Å². The van der Waals surface area contributed by atoms with Gasteiger partial charge in [-0.1, -0.05) is 12.8 Å². The fourth-order valence-corrected chi connectivity index (χ4v) is 4.04. The van der Waals surface area contributed by atoms with Gasteiger partial charge in [0.2, 0.25) is 5.91 Å². The molecule has 0 bridgehead atoms. The van der Waals surface area contributed by atoms with Crippen molar-refractivity contribution in [1.29, 1.82) is 0 Å². The molecule has 0 unspecified atom stereocenters. The van der Waals surface area contributed by atoms with Gasteiger partial charge in [-0.2, -0.15) is 5.10 Å². The van der Waals surface area contributed by atoms with Gasteiger partial charge in [-0.3, -0.25) is 9.48 Å². The molecule has 2 atom stereocenters. The van der Waals surface area contributed by atoms with Gasteiger partial charge >= 0.3 is 5.97 Å². The quantitative estimate of drug-likeness (QED) is 0.761. The second-order valence-corrected chi connectivity index (χ2v) is 7.64. The summed E-state index contributed by atoms with van der Waals surface area (Å²) in [7, 11) is 0. The van der Waals surface area contributed by atoms with Crippen LogP contribution in [0, 0.1) is 11.3 Å². The first kappa shape index (κ1) is 20.7. The van der Waals surface area contributed by atoms with Gasteiger partial charge in [0.15, 0.2) is 5.54 Å². The Bertz CT molecular complexity index is 661. The fourth-order valence-electron chi connectivity index (χ4n) is 4.04. The molecule has 3 rings (SSSR count). The van der Waals surface area contributed by atoms with Crippen LogP contribution in [0.5, 0.6) is 0 Å². The number of hydrogen-bond donors (Lipinski definition) is 2. The van der Waals surface area contributed by atoms with E-state index in [9.17, 15) is 9.59 Å². The molecule has 7 nitrogen and oxygen atoms in total. The third kappa shape index (κ3) is 3.60. The van der Waals surface area contributed by atoms with Gasteiger partial charge < -0.3 is 15.4 Å². The number of fused-ring (bicyclic) bond motifs is 1. The Balaban J connectivity index is 0.00000243. The lowest BCUT2D eigenvalue weighted by Gasteiger charge is -2.36. The van der Waals surface area contributed by atoms with Crippen LogP contribution in [-0.2, 0) is 19.9 Å². The van der Waals surface area contributed by atoms with Crippen LogP contribution in [0.15, 0.2) is 12.4 Å². The topological polar surface area (TPSA) is 85.2 Å². The van der Waals surface area contributed by atoms with E-state index in [4.69, 9.17) is 4.74 Å². The Kier molecular flexibility index (Phi) is 6.34. The minimum Gasteiger partial charge on any atom is -0.464 e. The first-order chi connectivity index (χ1) is 11.9. The zero-order valence-corrected chi connectivity index (χ0v) is 16.5. The van der Waals surface area contributed by atoms with Crippen molar-refractivity contribution < 1.29 is 14.3 Å². The second kappa shape index (κ2) is 7.96. The van der Waals surface area contributed by atoms with E-state index < -0.39 is 5.54 Å². The minimum absolute atomic E-state index is 0. The van der Waals surface area contributed by atoms with Crippen LogP contribution in [0.1, 0.15) is 46.5 Å². The lowest BCUT2D eigenvalue weighted by atomic mass is 9.67. The van der Waals surface area contributed by atoms with Gasteiger partial charge in [-0.15, -0.1) is 12.4 Å². The number of hydrogen-bond acceptors (Lipinski definition) is 5. The van der Waals surface area contributed by atoms with Crippen LogP contribution in [0.3, 0.4) is 0 Å². The summed E-state index contributed by atoms with van der Waals surface area (Å²) in [6.07, 6.45) is 7.63. The zero-order chi connectivity index (χ0) is 18.1. The molecule has 2 aliphatic rings. The number of aromatic nitrogens is 2. The molecule has 1 saturated heterocycles. The molecule has 1 amide bonds. The number of rotatable bonds is 5. The lowest BCUT2D eigenvalue weighted by molar-refractivity contribution is -0.152. The highest BCUT2D eigenvalue weighted by Gasteiger charge is 2.49. The van der Waals surface area contributed by atoms with Gasteiger partial charge in [0.05, 0.1) is 23.9 Å². The van der Waals surface area contributed by atoms with Crippen LogP contribution in [-0.4, -0.2) is 41.4 Å². The Hall–Kier alpha value is -1.60. The summed E-state index contributed by atoms with van der Waals surface area (Å²) in [5.41, 5.74) is -0.607. The van der Waals surface area contributed by atoms with Crippen LogP contribution in [0.25, 0.3) is 0 Å². The Morgan fingerprint density at radius 3 is 2.96 bits per heavy atom. The van der Waals surface area contributed by atoms with Gasteiger partial charge in [-0.05, 0) is 46.1 Å². The monoisotopic (exact) mass is 384 g/mol. The average Bonchev–Trinajstić information content (AvgIpc) is 3.22. The summed E-state index contributed by atoms with van der Waals surface area (Å²) in [6, 6.07) is 0. The number of esters is 1. The van der Waals surface area contributed by atoms with Crippen molar-refractivity contribution in [2.45, 2.75) is 52.0 Å². The largest absolute Gasteiger partial charge is 0.464 e. The number of anilines is 1. The lowest BCUT2D eigenvalue weighted by Crippen LogP contribution is -2.44. The number of carbonyl (C=O) groups is 2. The predicted molar refractivity (Wildman–Crippen MR) is 101 cm³/mol. The van der Waals surface area contributed by atoms with Gasteiger partial charge in [0.1, 0.15) is 0 Å². The van der Waals surface area contributed by atoms with E-state index in [2.05, 4.69) is 15.7 Å². The molecular formula is C18H29ClN4O3. The summed E-state index contributed by atoms with van der Waals surface area (Å²) >= 11 is 0. The molecule has 0 aromatic carbocycles. The van der Waals surface area contributed by atoms with Crippen molar-refractivity contribution in [2.24, 2.45) is 11.3 Å². The molecule has 0 spiro atoms. The molecule has 2 heterocycles. The Morgan fingerprint density at radius 1 is 1.46 bits per heavy atom. The molecule has 146 valence electrons. The van der Waals surface area contributed by atoms with E-state index >= 15 is 0 Å². The summed E-state index contributed by atoms with van der Waals surface area (Å²) in [5.74, 6) is 0.130. The summed E-state index contributed by atoms with van der Waals surface area (Å²) in [6.45, 7) is 7.26. The summed E-state index contributed by atoms with van der Waals surface area (Å²) < 4.78 is 6.65. The molecule has 1 aromatic heterocycles. The molecule has 1 aliphatic heterocycles. The number of halogens is 1. The number of nitrogens with zero attached hydrogens (tertiary/aromatic N) is 2. The molecule has 2 N–H and O–H groups in total. The van der Waals surface area contributed by atoms with Crippen molar-refractivity contribution in [3.8, 4) is 0 Å². The highest BCUT2D eigenvalue weighted by molar-refractivity contribution is 5.96. The van der Waals surface area contributed by atoms with E-state index in [0.29, 0.717) is 18.2 Å². The molecule has 2 fully saturated rings. The van der Waals surface area contributed by atoms with Gasteiger partial charge in [0, 0.05) is 12.7 Å². The van der Waals surface area contributed by atoms with Crippen molar-refractivity contribution in [3.63, 3.8) is 0 Å². The van der Waals surface area contributed by atoms with E-state index in [1.165, 1.54) is 6.42 Å². The highest BCUT2D eigenvalue weighted by atomic mass is 35.5. The van der Waals surface area contributed by atoms with E-state index in [0.717, 1.165) is 32.4 Å². The van der Waals surface area contributed by atoms with Crippen molar-refractivity contribution in [2.75, 3.05) is 25.0 Å². The van der Waals surface area contributed by atoms with Crippen molar-refractivity contribution >= 4 is 30.0 Å². The maximum Gasteiger partial charge on any atom is 0.333 e. The number of carbonyl (C=O) groups excluding carboxylic acids is 2. The number of ether oxygens (including phenoxy) is 1. The third-order valence-electron chi connectivity index (χ3n) is 5.68. The SMILES string of the molecule is CCOC(=O)C(C)(C)n1cc(NC(=O)[C@@]23CCCC[C@H]2CNC3)cn1.Cl. The third-order valence-corrected chi connectivity index (χ3v) is 5.68. The normalized spacial score (nSPS) is 25.1. The first-order valence-corrected chi connectivity index (χ1v) is 9.14. The van der Waals surface area contributed by atoms with Crippen molar-refractivity contribution in [1.82, 2.24) is 15.1 Å². The minimum atomic E-state index is -0.917. The smallest absolute Gasteiger partial charge is 0.333 e. The number of amides is 1. The molecular weight excluding hydrogens is 356 g/mol. The predicted octanol–water partition coefficient (Wildman–Crippen LogP) is 2.32. The molecule has 1 saturated carbocycles. The maximum atomic E-state index is 13.0. The molecule has 0 radical (unpaired) electrons. The Labute approximate surface area is 160 Å². The van der Waals surface area contributed by atoms with Gasteiger partial charge in [0.25, 0.3) is 0 Å². The molecule has 26 heavy (non-hydrogen) atoms. The summed E-state index contributed by atoms with van der Waals surface area (Å²) in [4.78, 5) is 25.1. The fraction of sp³-hybridized carbons (Fsp3) is 0.722. The molecule has 1 aliphatic carbocycles. The standard InChI is InChI=1S/C18H28N4O3.ClH/c1-4-25-16(24)17(2,3)22-11-14(10-20-22)21-15(23)18-8-6-5-7-13(18)9-19-12-18;/h10-11,13,19H,4-9,12H2,1-3H3,(H,21,23);1H/t13-,18+;/m0./s1.